The molecule has 0 atom stereocenters. The molecule has 2 N–H and O–H groups in total. The van der Waals surface area contributed by atoms with Crippen molar-refractivity contribution < 1.29 is 18.0 Å². The van der Waals surface area contributed by atoms with Gasteiger partial charge in [-0.2, -0.15) is 13.2 Å². The summed E-state index contributed by atoms with van der Waals surface area (Å²) in [6, 6.07) is 0. The van der Waals surface area contributed by atoms with Crippen molar-refractivity contribution in [2.45, 2.75) is 44.7 Å². The Morgan fingerprint density at radius 1 is 1.32 bits per heavy atom. The monoisotopic (exact) mass is 296 g/mol. The Morgan fingerprint density at radius 3 is 2.26 bits per heavy atom. The number of hydrogen-bond acceptors (Lipinski definition) is 2. The van der Waals surface area contributed by atoms with Gasteiger partial charge in [0, 0.05) is 13.6 Å². The molecule has 19 heavy (non-hydrogen) atoms. The molecule has 1 fully saturated rings. The van der Waals surface area contributed by atoms with Crippen LogP contribution in [0.25, 0.3) is 0 Å². The van der Waals surface area contributed by atoms with Crippen LogP contribution in [0, 0.1) is 5.41 Å². The van der Waals surface area contributed by atoms with E-state index < -0.39 is 18.0 Å². The first kappa shape index (κ1) is 16.2. The quantitative estimate of drug-likeness (QED) is 0.811. The number of hydrogen-bond donors (Lipinski definition) is 1. The average Bonchev–Trinajstić information content (AvgIpc) is 2.34. The number of thiocarbonyl (C=S) groups is 1. The van der Waals surface area contributed by atoms with Gasteiger partial charge in [0.05, 0.1) is 16.8 Å². The van der Waals surface area contributed by atoms with Crippen LogP contribution >= 0.6 is 12.2 Å². The van der Waals surface area contributed by atoms with Gasteiger partial charge >= 0.3 is 6.18 Å². The fraction of sp³-hybridized carbons (Fsp3) is 0.833. The van der Waals surface area contributed by atoms with E-state index in [1.807, 2.05) is 0 Å². The van der Waals surface area contributed by atoms with E-state index in [2.05, 4.69) is 0 Å². The van der Waals surface area contributed by atoms with Crippen LogP contribution in [0.15, 0.2) is 0 Å². The molecular weight excluding hydrogens is 277 g/mol. The first-order chi connectivity index (χ1) is 8.69. The van der Waals surface area contributed by atoms with Crippen molar-refractivity contribution in [1.29, 1.82) is 0 Å². The van der Waals surface area contributed by atoms with E-state index in [4.69, 9.17) is 18.0 Å². The third-order valence-electron chi connectivity index (χ3n) is 3.67. The van der Waals surface area contributed by atoms with Crippen LogP contribution in [-0.4, -0.2) is 35.6 Å². The summed E-state index contributed by atoms with van der Waals surface area (Å²) in [5.41, 5.74) is 4.75. The Hall–Kier alpha value is -0.850. The second-order valence-electron chi connectivity index (χ2n) is 5.10. The van der Waals surface area contributed by atoms with E-state index >= 15 is 0 Å². The summed E-state index contributed by atoms with van der Waals surface area (Å²) in [6.45, 7) is -0.354. The standard InChI is InChI=1S/C12H19F3N2OS/c1-17(8-7-12(13,14)15)10(18)11(9(16)19)5-3-2-4-6-11/h2-8H2,1H3,(H2,16,19). The minimum absolute atomic E-state index is 0.107. The maximum Gasteiger partial charge on any atom is 0.390 e. The van der Waals surface area contributed by atoms with Crippen LogP contribution in [0.1, 0.15) is 38.5 Å². The van der Waals surface area contributed by atoms with E-state index in [1.165, 1.54) is 7.05 Å². The maximum absolute atomic E-state index is 12.4. The third kappa shape index (κ3) is 4.06. The molecular formula is C12H19F3N2OS. The van der Waals surface area contributed by atoms with Crippen molar-refractivity contribution in [3.05, 3.63) is 0 Å². The van der Waals surface area contributed by atoms with Crippen LogP contribution in [0.2, 0.25) is 0 Å². The van der Waals surface area contributed by atoms with E-state index in [1.54, 1.807) is 0 Å². The number of nitrogens with zero attached hydrogens (tertiary/aromatic N) is 1. The molecule has 3 nitrogen and oxygen atoms in total. The lowest BCUT2D eigenvalue weighted by molar-refractivity contribution is -0.148. The summed E-state index contributed by atoms with van der Waals surface area (Å²) in [6.07, 6.45) is -1.54. The van der Waals surface area contributed by atoms with Crippen LogP contribution in [0.5, 0.6) is 0 Å². The molecule has 0 heterocycles. The third-order valence-corrected chi connectivity index (χ3v) is 4.06. The maximum atomic E-state index is 12.4. The smallest absolute Gasteiger partial charge is 0.390 e. The van der Waals surface area contributed by atoms with Gasteiger partial charge in [0.1, 0.15) is 0 Å². The number of alkyl halides is 3. The van der Waals surface area contributed by atoms with Gasteiger partial charge in [0.25, 0.3) is 0 Å². The van der Waals surface area contributed by atoms with Crippen LogP contribution in [-0.2, 0) is 4.79 Å². The molecule has 0 aliphatic heterocycles. The van der Waals surface area contributed by atoms with Gasteiger partial charge < -0.3 is 10.6 Å². The van der Waals surface area contributed by atoms with Crippen molar-refractivity contribution in [3.8, 4) is 0 Å². The molecule has 1 aliphatic rings. The summed E-state index contributed by atoms with van der Waals surface area (Å²) in [5.74, 6) is -0.371. The number of amides is 1. The molecule has 0 saturated heterocycles. The Bertz CT molecular complexity index is 351. The molecule has 110 valence electrons. The highest BCUT2D eigenvalue weighted by Gasteiger charge is 2.44. The first-order valence-corrected chi connectivity index (χ1v) is 6.72. The van der Waals surface area contributed by atoms with Gasteiger partial charge in [-0.3, -0.25) is 4.79 Å². The topological polar surface area (TPSA) is 46.3 Å². The number of carbonyl (C=O) groups is 1. The summed E-state index contributed by atoms with van der Waals surface area (Å²) in [7, 11) is 1.38. The summed E-state index contributed by atoms with van der Waals surface area (Å²) >= 11 is 4.99. The van der Waals surface area contributed by atoms with E-state index in [-0.39, 0.29) is 17.4 Å². The Balaban J connectivity index is 2.74. The van der Waals surface area contributed by atoms with Gasteiger partial charge in [-0.1, -0.05) is 31.5 Å². The Labute approximate surface area is 116 Å². The van der Waals surface area contributed by atoms with Crippen molar-refractivity contribution in [1.82, 2.24) is 4.90 Å². The van der Waals surface area contributed by atoms with Crippen LogP contribution in [0.4, 0.5) is 13.2 Å². The molecule has 0 bridgehead atoms. The van der Waals surface area contributed by atoms with Crippen LogP contribution in [0.3, 0.4) is 0 Å². The molecule has 0 aromatic carbocycles. The molecule has 0 spiro atoms. The zero-order valence-electron chi connectivity index (χ0n) is 10.9. The molecule has 7 heteroatoms. The summed E-state index contributed by atoms with van der Waals surface area (Å²) in [4.78, 5) is 13.6. The SMILES string of the molecule is CN(CCC(F)(F)F)C(=O)C1(C(N)=S)CCCCC1. The minimum atomic E-state index is -4.27. The fourth-order valence-electron chi connectivity index (χ4n) is 2.48. The van der Waals surface area contributed by atoms with Crippen molar-refractivity contribution in [2.24, 2.45) is 11.1 Å². The van der Waals surface area contributed by atoms with Gasteiger partial charge in [0.15, 0.2) is 0 Å². The van der Waals surface area contributed by atoms with E-state index in [9.17, 15) is 18.0 Å². The second kappa shape index (κ2) is 6.07. The number of rotatable bonds is 4. The first-order valence-electron chi connectivity index (χ1n) is 6.31. The minimum Gasteiger partial charge on any atom is -0.392 e. The summed E-state index contributed by atoms with van der Waals surface area (Å²) in [5, 5.41) is 0. The molecule has 1 aliphatic carbocycles. The molecule has 1 rings (SSSR count). The largest absolute Gasteiger partial charge is 0.392 e. The lowest BCUT2D eigenvalue weighted by Gasteiger charge is -2.37. The van der Waals surface area contributed by atoms with Crippen molar-refractivity contribution in [3.63, 3.8) is 0 Å². The number of halogens is 3. The van der Waals surface area contributed by atoms with Crippen LogP contribution < -0.4 is 5.73 Å². The molecule has 0 aromatic rings. The number of carbonyl (C=O) groups excluding carboxylic acids is 1. The van der Waals surface area contributed by atoms with Gasteiger partial charge in [-0.25, -0.2) is 0 Å². The van der Waals surface area contributed by atoms with Gasteiger partial charge in [-0.15, -0.1) is 0 Å². The zero-order chi connectivity index (χ0) is 14.7. The fourth-order valence-corrected chi connectivity index (χ4v) is 2.77. The number of nitrogens with two attached hydrogens (primary N) is 1. The summed E-state index contributed by atoms with van der Waals surface area (Å²) < 4.78 is 36.6. The normalized spacial score (nSPS) is 18.9. The molecule has 0 unspecified atom stereocenters. The lowest BCUT2D eigenvalue weighted by Crippen LogP contribution is -2.51. The zero-order valence-corrected chi connectivity index (χ0v) is 11.7. The lowest BCUT2D eigenvalue weighted by atomic mass is 9.73. The Kier molecular flexibility index (Phi) is 5.18. The highest BCUT2D eigenvalue weighted by Crippen LogP contribution is 2.38. The van der Waals surface area contributed by atoms with Crippen molar-refractivity contribution in [2.75, 3.05) is 13.6 Å². The average molecular weight is 296 g/mol. The van der Waals surface area contributed by atoms with E-state index in [0.29, 0.717) is 12.8 Å². The molecule has 1 amide bonds. The van der Waals surface area contributed by atoms with Gasteiger partial charge in [-0.05, 0) is 12.8 Å². The predicted molar refractivity (Wildman–Crippen MR) is 70.6 cm³/mol. The predicted octanol–water partition coefficient (Wildman–Crippen LogP) is 2.63. The second-order valence-corrected chi connectivity index (χ2v) is 5.54. The van der Waals surface area contributed by atoms with E-state index in [0.717, 1.165) is 24.2 Å². The Morgan fingerprint density at radius 2 is 1.84 bits per heavy atom. The molecule has 0 aromatic heterocycles. The molecule has 1 saturated carbocycles. The van der Waals surface area contributed by atoms with Crippen molar-refractivity contribution >= 4 is 23.1 Å². The highest BCUT2D eigenvalue weighted by molar-refractivity contribution is 7.80. The molecule has 0 radical (unpaired) electrons. The highest BCUT2D eigenvalue weighted by atomic mass is 32.1. The van der Waals surface area contributed by atoms with Gasteiger partial charge in [0.2, 0.25) is 5.91 Å².